The minimum absolute atomic E-state index is 0.137. The molecule has 6 heteroatoms. The van der Waals surface area contributed by atoms with Gasteiger partial charge in [-0.25, -0.2) is 0 Å². The molecule has 0 amide bonds. The third kappa shape index (κ3) is 8.39. The number of hydrogen-bond donors (Lipinski definition) is 2. The maximum atomic E-state index is 12.5. The van der Waals surface area contributed by atoms with Crippen molar-refractivity contribution in [1.29, 1.82) is 0 Å². The van der Waals surface area contributed by atoms with Crippen LogP contribution in [0.1, 0.15) is 44.6 Å². The van der Waals surface area contributed by atoms with E-state index >= 15 is 0 Å². The predicted molar refractivity (Wildman–Crippen MR) is 100 cm³/mol. The van der Waals surface area contributed by atoms with Crippen LogP contribution in [0.25, 0.3) is 0 Å². The summed E-state index contributed by atoms with van der Waals surface area (Å²) in [5, 5.41) is 21.0. The molecule has 0 unspecified atom stereocenters. The maximum absolute atomic E-state index is 12.5. The second kappa shape index (κ2) is 13.0. The van der Waals surface area contributed by atoms with Crippen LogP contribution < -0.4 is 0 Å². The van der Waals surface area contributed by atoms with Crippen molar-refractivity contribution < 1.29 is 36.6 Å². The van der Waals surface area contributed by atoms with E-state index in [4.69, 9.17) is 0 Å². The average Bonchev–Trinajstić information content (AvgIpc) is 2.56. The van der Waals surface area contributed by atoms with Crippen molar-refractivity contribution in [3.05, 3.63) is 29.8 Å². The number of halogens is 1. The summed E-state index contributed by atoms with van der Waals surface area (Å²) in [5.41, 5.74) is 1.13. The Morgan fingerprint density at radius 2 is 1.79 bits per heavy atom. The number of benzene rings is 1. The Hall–Kier alpha value is 0.705. The Balaban J connectivity index is 2.59. The van der Waals surface area contributed by atoms with Gasteiger partial charge in [0.1, 0.15) is 0 Å². The van der Waals surface area contributed by atoms with Crippen molar-refractivity contribution in [1.82, 2.24) is 0 Å². The zero-order chi connectivity index (χ0) is 17.9. The first-order valence-corrected chi connectivity index (χ1v) is 26.0. The van der Waals surface area contributed by atoms with Gasteiger partial charge in [-0.3, -0.25) is 0 Å². The van der Waals surface area contributed by atoms with Crippen LogP contribution in [0, 0.1) is 12.8 Å². The Kier molecular flexibility index (Phi) is 12.3. The van der Waals surface area contributed by atoms with Crippen LogP contribution in [0.3, 0.4) is 0 Å². The van der Waals surface area contributed by atoms with Crippen LogP contribution in [0.2, 0.25) is 3.93 Å². The fourth-order valence-electron chi connectivity index (χ4n) is 2.83. The van der Waals surface area contributed by atoms with Gasteiger partial charge >= 0.3 is 168 Å². The third-order valence-electron chi connectivity index (χ3n) is 4.39. The van der Waals surface area contributed by atoms with Gasteiger partial charge in [0.15, 0.2) is 0 Å². The molecule has 4 atom stereocenters. The molecule has 1 aromatic carbocycles. The van der Waals surface area contributed by atoms with Gasteiger partial charge in [-0.05, 0) is 0 Å². The Bertz CT molecular complexity index is 484. The van der Waals surface area contributed by atoms with E-state index in [1.807, 2.05) is 31.2 Å². The first-order valence-electron chi connectivity index (χ1n) is 8.86. The molecule has 1 aromatic rings. The van der Waals surface area contributed by atoms with E-state index in [-0.39, 0.29) is 11.7 Å². The normalized spacial score (nSPS) is 16.2. The summed E-state index contributed by atoms with van der Waals surface area (Å²) >= 11 is 2.45. The van der Waals surface area contributed by atoms with Gasteiger partial charge in [0, 0.05) is 0 Å². The summed E-state index contributed by atoms with van der Waals surface area (Å²) in [6.45, 7) is 4.17. The Labute approximate surface area is 166 Å². The van der Waals surface area contributed by atoms with Crippen LogP contribution in [0.4, 0.5) is 0 Å². The SMILES string of the molecule is CCCCCC[C@@H](O)[C@H]([CH2][Hg][Br])[C@@H](O)C[S@@](=O)c1ccc(C)cc1. The molecular formula is C18H29BrHgO3S. The van der Waals surface area contributed by atoms with Crippen LogP contribution in [0.15, 0.2) is 29.2 Å². The van der Waals surface area contributed by atoms with Crippen LogP contribution in [0.5, 0.6) is 0 Å². The zero-order valence-corrected chi connectivity index (χ0v) is 22.7. The van der Waals surface area contributed by atoms with E-state index in [1.54, 1.807) is 0 Å². The third-order valence-corrected chi connectivity index (χ3v) is 13.3. The summed E-state index contributed by atoms with van der Waals surface area (Å²) in [6, 6.07) is 7.60. The molecule has 24 heavy (non-hydrogen) atoms. The fourth-order valence-corrected chi connectivity index (χ4v) is 12.6. The van der Waals surface area contributed by atoms with Crippen molar-refractivity contribution in [2.75, 3.05) is 5.75 Å². The van der Waals surface area contributed by atoms with Crippen molar-refractivity contribution in [3.63, 3.8) is 0 Å². The monoisotopic (exact) mass is 606 g/mol. The molecule has 0 radical (unpaired) electrons. The first-order chi connectivity index (χ1) is 11.5. The number of unbranched alkanes of at least 4 members (excludes halogenated alkanes) is 3. The molecule has 1 rings (SSSR count). The number of rotatable bonds is 12. The van der Waals surface area contributed by atoms with E-state index in [1.165, 1.54) is 12.8 Å². The molecule has 0 saturated heterocycles. The molecule has 0 aliphatic carbocycles. The second-order valence-electron chi connectivity index (χ2n) is 6.45. The van der Waals surface area contributed by atoms with E-state index in [0.29, 0.717) is 0 Å². The summed E-state index contributed by atoms with van der Waals surface area (Å²) < 4.78 is 13.4. The molecule has 0 fully saturated rings. The topological polar surface area (TPSA) is 57.5 Å². The summed E-state index contributed by atoms with van der Waals surface area (Å²) in [5.74, 6) is 0.0719. The van der Waals surface area contributed by atoms with E-state index < -0.39 is 45.2 Å². The van der Waals surface area contributed by atoms with E-state index in [9.17, 15) is 14.4 Å². The predicted octanol–water partition coefficient (Wildman–Crippen LogP) is 4.22. The van der Waals surface area contributed by atoms with Gasteiger partial charge in [0.05, 0.1) is 0 Å². The van der Waals surface area contributed by atoms with Crippen LogP contribution in [-0.2, 0) is 32.9 Å². The molecule has 0 aliphatic heterocycles. The molecule has 0 bridgehead atoms. The first kappa shape index (κ1) is 22.7. The number of hydrogen-bond acceptors (Lipinski definition) is 3. The molecule has 2 N–H and O–H groups in total. The number of aliphatic hydroxyl groups excluding tert-OH is 2. The van der Waals surface area contributed by atoms with Gasteiger partial charge in [0.25, 0.3) is 0 Å². The quantitative estimate of drug-likeness (QED) is 0.277. The fraction of sp³-hybridized carbons (Fsp3) is 0.667. The molecule has 0 heterocycles. The van der Waals surface area contributed by atoms with Crippen molar-refractivity contribution in [3.8, 4) is 0 Å². The summed E-state index contributed by atoms with van der Waals surface area (Å²) in [6.07, 6.45) is 4.05. The standard InChI is InChI=1S/C18H29O3S.BrH.Hg/c1-4-5-6-7-8-17(19)15(3)18(20)13-22(21)16-11-9-14(2)10-12-16;;/h9-12,15,17-20H,3-8,13H2,1-2H3;1H;/q;;+1/p-1/t15-,17+,18-,22+;;/m0../s1. The average molecular weight is 606 g/mol. The molecule has 134 valence electrons. The van der Waals surface area contributed by atoms with Gasteiger partial charge in [-0.2, -0.15) is 0 Å². The van der Waals surface area contributed by atoms with Crippen molar-refractivity contribution >= 4 is 22.7 Å². The molecule has 0 aliphatic rings. The van der Waals surface area contributed by atoms with Gasteiger partial charge in [-0.1, -0.05) is 0 Å². The Morgan fingerprint density at radius 3 is 2.38 bits per heavy atom. The Morgan fingerprint density at radius 1 is 1.12 bits per heavy atom. The van der Waals surface area contributed by atoms with E-state index in [2.05, 4.69) is 18.8 Å². The van der Waals surface area contributed by atoms with Gasteiger partial charge < -0.3 is 0 Å². The van der Waals surface area contributed by atoms with Crippen LogP contribution >= 0.6 is 11.9 Å². The zero-order valence-electron chi connectivity index (χ0n) is 14.8. The van der Waals surface area contributed by atoms with Crippen molar-refractivity contribution in [2.45, 2.75) is 67.0 Å². The molecule has 0 spiro atoms. The minimum atomic E-state index is -1.22. The molecule has 0 aromatic heterocycles. The molecular weight excluding hydrogens is 577 g/mol. The number of aliphatic hydroxyl groups is 2. The number of aryl methyl sites for hydroxylation is 1. The molecule has 3 nitrogen and oxygen atoms in total. The van der Waals surface area contributed by atoms with E-state index in [0.717, 1.165) is 33.7 Å². The van der Waals surface area contributed by atoms with Gasteiger partial charge in [0.2, 0.25) is 0 Å². The summed E-state index contributed by atoms with van der Waals surface area (Å²) in [7, 11) is -1.22. The summed E-state index contributed by atoms with van der Waals surface area (Å²) in [4.78, 5) is 0.749. The second-order valence-corrected chi connectivity index (χ2v) is 18.6. The van der Waals surface area contributed by atoms with Gasteiger partial charge in [-0.15, -0.1) is 0 Å². The van der Waals surface area contributed by atoms with Crippen LogP contribution in [-0.4, -0.2) is 32.4 Å². The van der Waals surface area contributed by atoms with Crippen molar-refractivity contribution in [2.24, 2.45) is 5.92 Å². The molecule has 0 saturated carbocycles.